The van der Waals surface area contributed by atoms with Crippen LogP contribution in [0.3, 0.4) is 0 Å². The van der Waals surface area contributed by atoms with Crippen LogP contribution in [-0.4, -0.2) is 38.6 Å². The van der Waals surface area contributed by atoms with E-state index in [-0.39, 0.29) is 34.0 Å². The number of aryl methyl sites for hydroxylation is 1. The molecule has 23 heavy (non-hydrogen) atoms. The highest BCUT2D eigenvalue weighted by Crippen LogP contribution is 2.39. The number of carbonyl (C=O) groups is 1. The first-order valence-electron chi connectivity index (χ1n) is 6.52. The van der Waals surface area contributed by atoms with Gasteiger partial charge in [-0.25, -0.2) is 9.18 Å². The maximum atomic E-state index is 14.2. The molecule has 4 N–H and O–H groups in total. The predicted octanol–water partition coefficient (Wildman–Crippen LogP) is 1.38. The van der Waals surface area contributed by atoms with Gasteiger partial charge in [-0.15, -0.1) is 10.2 Å². The van der Waals surface area contributed by atoms with Crippen LogP contribution in [0.15, 0.2) is 10.4 Å². The first kappa shape index (κ1) is 16.0. The summed E-state index contributed by atoms with van der Waals surface area (Å²) in [4.78, 5) is 11.4. The average Bonchev–Trinajstić information content (AvgIpc) is 2.85. The van der Waals surface area contributed by atoms with Gasteiger partial charge in [0.2, 0.25) is 5.13 Å². The molecule has 3 rings (SSSR count). The summed E-state index contributed by atoms with van der Waals surface area (Å²) in [5, 5.41) is 26.7. The lowest BCUT2D eigenvalue weighted by atomic mass is 9.77. The zero-order valence-electron chi connectivity index (χ0n) is 11.8. The van der Waals surface area contributed by atoms with Crippen molar-refractivity contribution in [3.63, 3.8) is 0 Å². The summed E-state index contributed by atoms with van der Waals surface area (Å²) < 4.78 is 20.0. The van der Waals surface area contributed by atoms with Gasteiger partial charge in [0.25, 0.3) is 0 Å². The number of hydrogen-bond acceptors (Lipinski definition) is 8. The van der Waals surface area contributed by atoms with Crippen molar-refractivity contribution in [1.82, 2.24) is 10.2 Å². The minimum Gasteiger partial charge on any atom is -0.535 e. The number of nitrogens with two attached hydrogens (primary N) is 1. The van der Waals surface area contributed by atoms with Crippen LogP contribution in [0.5, 0.6) is 5.75 Å². The van der Waals surface area contributed by atoms with E-state index in [1.54, 1.807) is 0 Å². The number of hydrogen-bond donors (Lipinski definition) is 3. The van der Waals surface area contributed by atoms with Crippen LogP contribution < -0.4 is 10.4 Å². The third-order valence-corrected chi connectivity index (χ3v) is 5.45. The van der Waals surface area contributed by atoms with Gasteiger partial charge >= 0.3 is 13.1 Å². The molecule has 2 heterocycles. The predicted molar refractivity (Wildman–Crippen MR) is 84.4 cm³/mol. The molecule has 1 aromatic heterocycles. The van der Waals surface area contributed by atoms with E-state index < -0.39 is 24.1 Å². The van der Waals surface area contributed by atoms with Crippen molar-refractivity contribution in [3.8, 4) is 5.75 Å². The molecule has 1 aliphatic rings. The minimum absolute atomic E-state index is 0.104. The number of carboxylic acids is 1. The zero-order chi connectivity index (χ0) is 16.7. The van der Waals surface area contributed by atoms with E-state index in [1.165, 1.54) is 6.92 Å². The van der Waals surface area contributed by atoms with E-state index >= 15 is 0 Å². The van der Waals surface area contributed by atoms with Gasteiger partial charge in [0.05, 0.1) is 5.15 Å². The average molecular weight is 355 g/mol. The van der Waals surface area contributed by atoms with Crippen LogP contribution in [0.1, 0.15) is 21.5 Å². The van der Waals surface area contributed by atoms with E-state index in [0.717, 1.165) is 29.2 Å². The first-order chi connectivity index (χ1) is 10.9. The summed E-state index contributed by atoms with van der Waals surface area (Å²) in [6, 6.07) is 1.16. The number of halogens is 1. The molecule has 2 aromatic rings. The van der Waals surface area contributed by atoms with Crippen molar-refractivity contribution in [1.29, 1.82) is 0 Å². The Morgan fingerprint density at radius 3 is 2.96 bits per heavy atom. The van der Waals surface area contributed by atoms with Crippen LogP contribution in [0, 0.1) is 12.7 Å². The Labute approximate surface area is 138 Å². The van der Waals surface area contributed by atoms with Gasteiger partial charge in [-0.1, -0.05) is 23.1 Å². The summed E-state index contributed by atoms with van der Waals surface area (Å²) in [6.07, 6.45) is 0.104. The first-order valence-corrected chi connectivity index (χ1v) is 8.22. The second kappa shape index (κ2) is 5.98. The van der Waals surface area contributed by atoms with Crippen LogP contribution >= 0.6 is 23.1 Å². The molecular weight excluding hydrogens is 344 g/mol. The molecule has 0 spiro atoms. The Hall–Kier alpha value is -1.85. The fourth-order valence-corrected chi connectivity index (χ4v) is 4.30. The molecule has 0 saturated carbocycles. The Kier molecular flexibility index (Phi) is 4.17. The normalized spacial score (nSPS) is 16.8. The summed E-state index contributed by atoms with van der Waals surface area (Å²) in [5.74, 6) is -1.90. The van der Waals surface area contributed by atoms with Crippen molar-refractivity contribution in [2.75, 3.05) is 5.73 Å². The Morgan fingerprint density at radius 1 is 1.61 bits per heavy atom. The molecule has 120 valence electrons. The number of nitrogen functional groups attached to an aromatic ring is 1. The second-order valence-electron chi connectivity index (χ2n) is 4.94. The molecule has 0 unspecified atom stereocenters. The fourth-order valence-electron chi connectivity index (χ4n) is 2.37. The molecular formula is C12H11BFN3O4S2. The van der Waals surface area contributed by atoms with Crippen LogP contribution in [-0.2, 0) is 6.42 Å². The number of thioether (sulfide) groups is 1. The van der Waals surface area contributed by atoms with Crippen molar-refractivity contribution >= 4 is 41.3 Å². The molecule has 0 aliphatic carbocycles. The largest absolute Gasteiger partial charge is 0.537 e. The third kappa shape index (κ3) is 2.99. The molecule has 7 nitrogen and oxygen atoms in total. The lowest BCUT2D eigenvalue weighted by molar-refractivity contribution is 0.0693. The lowest BCUT2D eigenvalue weighted by Crippen LogP contribution is -2.41. The van der Waals surface area contributed by atoms with Gasteiger partial charge in [-0.3, -0.25) is 0 Å². The molecule has 1 aliphatic heterocycles. The molecule has 0 saturated heterocycles. The summed E-state index contributed by atoms with van der Waals surface area (Å²) >= 11 is 2.30. The maximum absolute atomic E-state index is 14.2. The van der Waals surface area contributed by atoms with Gasteiger partial charge in [0, 0.05) is 5.56 Å². The summed E-state index contributed by atoms with van der Waals surface area (Å²) in [5.41, 5.74) is 5.74. The van der Waals surface area contributed by atoms with Crippen molar-refractivity contribution in [2.24, 2.45) is 0 Å². The fraction of sp³-hybridized carbons (Fsp3) is 0.250. The summed E-state index contributed by atoms with van der Waals surface area (Å²) in [6.45, 7) is 1.48. The number of rotatable bonds is 3. The van der Waals surface area contributed by atoms with Gasteiger partial charge in [0.1, 0.15) is 17.1 Å². The minimum atomic E-state index is -1.29. The second-order valence-corrected chi connectivity index (χ2v) is 7.43. The smallest absolute Gasteiger partial charge is 0.535 e. The van der Waals surface area contributed by atoms with Crippen LogP contribution in [0.4, 0.5) is 9.52 Å². The van der Waals surface area contributed by atoms with Crippen molar-refractivity contribution in [2.45, 2.75) is 22.8 Å². The van der Waals surface area contributed by atoms with Gasteiger partial charge in [0.15, 0.2) is 4.34 Å². The molecule has 0 radical (unpaired) electrons. The van der Waals surface area contributed by atoms with E-state index in [1.807, 2.05) is 0 Å². The van der Waals surface area contributed by atoms with Crippen molar-refractivity contribution in [3.05, 3.63) is 28.6 Å². The molecule has 0 bridgehead atoms. The highest BCUT2D eigenvalue weighted by molar-refractivity contribution is 8.02. The monoisotopic (exact) mass is 355 g/mol. The number of aromatic carboxylic acids is 1. The van der Waals surface area contributed by atoms with Gasteiger partial charge < -0.3 is 20.5 Å². The topological polar surface area (TPSA) is 119 Å². The standard InChI is InChI=1S/C12H11BFN3O4S2/c1-4-2-6(14)5-3-7(22-12-17-16-11(15)23-12)13(20)21-9(5)8(4)10(18)19/h2,7,20H,3H2,1H3,(H2,15,16)(H,18,19)/t7-/m0/s1. The number of carboxylic acid groups (broad SMARTS) is 1. The van der Waals surface area contributed by atoms with Crippen molar-refractivity contribution < 1.29 is 24.0 Å². The zero-order valence-corrected chi connectivity index (χ0v) is 13.4. The van der Waals surface area contributed by atoms with E-state index in [2.05, 4.69) is 10.2 Å². The maximum Gasteiger partial charge on any atom is 0.537 e. The SMILES string of the molecule is Cc1cc(F)c2c(c1C(=O)O)OB(O)[C@@H](Sc1nnc(N)s1)C2. The number of anilines is 1. The molecule has 0 fully saturated rings. The molecule has 1 atom stereocenters. The molecule has 1 aromatic carbocycles. The summed E-state index contributed by atoms with van der Waals surface area (Å²) in [7, 11) is -1.29. The third-order valence-electron chi connectivity index (χ3n) is 3.38. The highest BCUT2D eigenvalue weighted by atomic mass is 32.2. The number of fused-ring (bicyclic) bond motifs is 1. The quantitative estimate of drug-likeness (QED) is 0.707. The van der Waals surface area contributed by atoms with Crippen LogP contribution in [0.25, 0.3) is 0 Å². The van der Waals surface area contributed by atoms with Crippen LogP contribution in [0.2, 0.25) is 0 Å². The van der Waals surface area contributed by atoms with Gasteiger partial charge in [-0.05, 0) is 25.0 Å². The van der Waals surface area contributed by atoms with E-state index in [9.17, 15) is 19.3 Å². The number of nitrogens with zero attached hydrogens (tertiary/aromatic N) is 2. The van der Waals surface area contributed by atoms with Gasteiger partial charge in [-0.2, -0.15) is 0 Å². The lowest BCUT2D eigenvalue weighted by Gasteiger charge is -2.28. The molecule has 11 heteroatoms. The van der Waals surface area contributed by atoms with E-state index in [4.69, 9.17) is 10.4 Å². The Morgan fingerprint density at radius 2 is 2.35 bits per heavy atom. The number of aromatic nitrogens is 2. The Bertz CT molecular complexity index is 788. The number of benzene rings is 1. The Balaban J connectivity index is 1.96. The van der Waals surface area contributed by atoms with E-state index in [0.29, 0.717) is 4.34 Å². The molecule has 0 amide bonds. The highest BCUT2D eigenvalue weighted by Gasteiger charge is 2.40.